The van der Waals surface area contributed by atoms with Crippen molar-refractivity contribution in [2.24, 2.45) is 4.99 Å². The normalized spacial score (nSPS) is 17.2. The molecule has 24 heavy (non-hydrogen) atoms. The Morgan fingerprint density at radius 1 is 1.33 bits per heavy atom. The quantitative estimate of drug-likeness (QED) is 0.390. The maximum atomic E-state index is 5.65. The van der Waals surface area contributed by atoms with Crippen LogP contribution in [-0.4, -0.2) is 57.3 Å². The molecule has 0 aliphatic carbocycles. The maximum Gasteiger partial charge on any atom is 0.191 e. The van der Waals surface area contributed by atoms with Crippen molar-refractivity contribution in [2.75, 3.05) is 46.4 Å². The molecule has 6 nitrogen and oxygen atoms in total. The van der Waals surface area contributed by atoms with E-state index in [9.17, 15) is 0 Å². The van der Waals surface area contributed by atoms with Crippen molar-refractivity contribution in [3.05, 3.63) is 24.2 Å². The maximum absolute atomic E-state index is 5.65. The molecule has 1 aromatic rings. The molecule has 0 aromatic carbocycles. The zero-order valence-electron chi connectivity index (χ0n) is 15.1. The van der Waals surface area contributed by atoms with E-state index in [0.29, 0.717) is 0 Å². The van der Waals surface area contributed by atoms with Crippen molar-refractivity contribution in [1.82, 2.24) is 15.5 Å². The first-order chi connectivity index (χ1) is 11.8. The Morgan fingerprint density at radius 2 is 2.17 bits per heavy atom. The zero-order valence-corrected chi connectivity index (χ0v) is 15.1. The van der Waals surface area contributed by atoms with E-state index in [1.165, 1.54) is 12.8 Å². The Balaban J connectivity index is 1.75. The van der Waals surface area contributed by atoms with Crippen molar-refractivity contribution in [2.45, 2.75) is 38.6 Å². The van der Waals surface area contributed by atoms with Gasteiger partial charge in [0.05, 0.1) is 12.3 Å². The minimum Gasteiger partial charge on any atom is -0.468 e. The number of hydrogen-bond donors (Lipinski definition) is 2. The molecule has 1 fully saturated rings. The molecule has 1 aromatic heterocycles. The van der Waals surface area contributed by atoms with Gasteiger partial charge in [0, 0.05) is 33.4 Å². The van der Waals surface area contributed by atoms with Gasteiger partial charge in [-0.05, 0) is 57.8 Å². The van der Waals surface area contributed by atoms with Crippen LogP contribution in [0.2, 0.25) is 0 Å². The molecule has 0 spiro atoms. The van der Waals surface area contributed by atoms with E-state index in [1.807, 2.05) is 20.0 Å². The van der Waals surface area contributed by atoms with Crippen LogP contribution < -0.4 is 10.6 Å². The van der Waals surface area contributed by atoms with Gasteiger partial charge >= 0.3 is 0 Å². The Labute approximate surface area is 145 Å². The molecule has 1 unspecified atom stereocenters. The lowest BCUT2D eigenvalue weighted by molar-refractivity contribution is 0.143. The van der Waals surface area contributed by atoms with Crippen molar-refractivity contribution in [3.8, 4) is 0 Å². The monoisotopic (exact) mass is 336 g/mol. The van der Waals surface area contributed by atoms with Crippen LogP contribution in [-0.2, 0) is 4.74 Å². The fraction of sp³-hybridized carbons (Fsp3) is 0.722. The molecule has 1 aliphatic heterocycles. The molecule has 1 saturated heterocycles. The third-order valence-corrected chi connectivity index (χ3v) is 4.35. The molecule has 0 bridgehead atoms. The van der Waals surface area contributed by atoms with E-state index in [-0.39, 0.29) is 6.04 Å². The molecule has 6 heteroatoms. The highest BCUT2D eigenvalue weighted by Gasteiger charge is 2.25. The summed E-state index contributed by atoms with van der Waals surface area (Å²) in [6, 6.07) is 4.29. The fourth-order valence-electron chi connectivity index (χ4n) is 3.04. The van der Waals surface area contributed by atoms with E-state index in [0.717, 1.165) is 64.0 Å². The lowest BCUT2D eigenvalue weighted by Crippen LogP contribution is -2.42. The standard InChI is InChI=1S/C18H32N4O2/c1-3-23-13-7-4-10-20-18(19-2)21-15-16(17-9-8-14-24-17)22-11-5-6-12-22/h8-9,14,16H,3-7,10-13,15H2,1-2H3,(H2,19,20,21). The van der Waals surface area contributed by atoms with Crippen molar-refractivity contribution >= 4 is 5.96 Å². The van der Waals surface area contributed by atoms with Crippen LogP contribution in [0.5, 0.6) is 0 Å². The molecule has 0 radical (unpaired) electrons. The molecule has 0 saturated carbocycles. The second-order valence-corrected chi connectivity index (χ2v) is 6.06. The second-order valence-electron chi connectivity index (χ2n) is 6.06. The van der Waals surface area contributed by atoms with E-state index < -0.39 is 0 Å². The summed E-state index contributed by atoms with van der Waals surface area (Å²) < 4.78 is 11.0. The van der Waals surface area contributed by atoms with Gasteiger partial charge in [-0.1, -0.05) is 0 Å². The third-order valence-electron chi connectivity index (χ3n) is 4.35. The number of nitrogens with zero attached hydrogens (tertiary/aromatic N) is 2. The summed E-state index contributed by atoms with van der Waals surface area (Å²) in [6.07, 6.45) is 6.44. The number of furan rings is 1. The Bertz CT molecular complexity index is 456. The summed E-state index contributed by atoms with van der Waals surface area (Å²) in [4.78, 5) is 6.80. The third kappa shape index (κ3) is 6.17. The van der Waals surface area contributed by atoms with Crippen molar-refractivity contribution in [1.29, 1.82) is 0 Å². The molecule has 1 atom stereocenters. The number of rotatable bonds is 10. The second kappa shape index (κ2) is 11.1. The number of likely N-dealkylation sites (tertiary alicyclic amines) is 1. The lowest BCUT2D eigenvalue weighted by atomic mass is 10.2. The van der Waals surface area contributed by atoms with Gasteiger partial charge < -0.3 is 19.8 Å². The number of guanidine groups is 1. The average Bonchev–Trinajstić information content (AvgIpc) is 3.30. The first kappa shape index (κ1) is 18.8. The predicted octanol–water partition coefficient (Wildman–Crippen LogP) is 2.40. The number of nitrogens with one attached hydrogen (secondary N) is 2. The van der Waals surface area contributed by atoms with Crippen LogP contribution in [0, 0.1) is 0 Å². The molecule has 0 amide bonds. The SMILES string of the molecule is CCOCCCCNC(=NC)NCC(c1ccco1)N1CCCC1. The van der Waals surface area contributed by atoms with Crippen LogP contribution in [0.25, 0.3) is 0 Å². The van der Waals surface area contributed by atoms with Crippen LogP contribution in [0.3, 0.4) is 0 Å². The van der Waals surface area contributed by atoms with Gasteiger partial charge in [0.25, 0.3) is 0 Å². The molecular formula is C18H32N4O2. The average molecular weight is 336 g/mol. The topological polar surface area (TPSA) is 62.0 Å². The first-order valence-corrected chi connectivity index (χ1v) is 9.15. The van der Waals surface area contributed by atoms with Gasteiger partial charge in [0.15, 0.2) is 5.96 Å². The fourth-order valence-corrected chi connectivity index (χ4v) is 3.04. The number of ether oxygens (including phenoxy) is 1. The van der Waals surface area contributed by atoms with Gasteiger partial charge in [-0.15, -0.1) is 0 Å². The van der Waals surface area contributed by atoms with Gasteiger partial charge in [-0.25, -0.2) is 0 Å². The highest BCUT2D eigenvalue weighted by Crippen LogP contribution is 2.24. The van der Waals surface area contributed by atoms with Crippen LogP contribution in [0.15, 0.2) is 27.8 Å². The minimum absolute atomic E-state index is 0.263. The summed E-state index contributed by atoms with van der Waals surface area (Å²) in [5.41, 5.74) is 0. The summed E-state index contributed by atoms with van der Waals surface area (Å²) in [5.74, 6) is 1.87. The van der Waals surface area contributed by atoms with Crippen LogP contribution in [0.1, 0.15) is 44.4 Å². The molecule has 2 rings (SSSR count). The summed E-state index contributed by atoms with van der Waals surface area (Å²) in [5, 5.41) is 6.81. The number of unbranched alkanes of at least 4 members (excludes halogenated alkanes) is 1. The van der Waals surface area contributed by atoms with Crippen LogP contribution in [0.4, 0.5) is 0 Å². The van der Waals surface area contributed by atoms with Gasteiger partial charge in [-0.2, -0.15) is 0 Å². The highest BCUT2D eigenvalue weighted by molar-refractivity contribution is 5.79. The highest BCUT2D eigenvalue weighted by atomic mass is 16.5. The first-order valence-electron chi connectivity index (χ1n) is 9.15. The molecule has 2 N–H and O–H groups in total. The minimum atomic E-state index is 0.263. The largest absolute Gasteiger partial charge is 0.468 e. The summed E-state index contributed by atoms with van der Waals surface area (Å²) in [7, 11) is 1.81. The predicted molar refractivity (Wildman–Crippen MR) is 97.3 cm³/mol. The Kier molecular flexibility index (Phi) is 8.70. The van der Waals surface area contributed by atoms with Crippen molar-refractivity contribution < 1.29 is 9.15 Å². The summed E-state index contributed by atoms with van der Waals surface area (Å²) >= 11 is 0. The van der Waals surface area contributed by atoms with Crippen LogP contribution >= 0.6 is 0 Å². The zero-order chi connectivity index (χ0) is 17.0. The van der Waals surface area contributed by atoms with E-state index in [4.69, 9.17) is 9.15 Å². The molecule has 1 aliphatic rings. The smallest absolute Gasteiger partial charge is 0.191 e. The van der Waals surface area contributed by atoms with Gasteiger partial charge in [0.1, 0.15) is 5.76 Å². The molecule has 136 valence electrons. The van der Waals surface area contributed by atoms with Crippen molar-refractivity contribution in [3.63, 3.8) is 0 Å². The molecular weight excluding hydrogens is 304 g/mol. The van der Waals surface area contributed by atoms with E-state index in [2.05, 4.69) is 26.6 Å². The Hall–Kier alpha value is -1.53. The van der Waals surface area contributed by atoms with E-state index in [1.54, 1.807) is 6.26 Å². The number of hydrogen-bond acceptors (Lipinski definition) is 4. The number of aliphatic imine (C=N–C) groups is 1. The summed E-state index contributed by atoms with van der Waals surface area (Å²) in [6.45, 7) is 7.63. The van der Waals surface area contributed by atoms with E-state index >= 15 is 0 Å². The van der Waals surface area contributed by atoms with Gasteiger partial charge in [0.2, 0.25) is 0 Å². The Morgan fingerprint density at radius 3 is 2.83 bits per heavy atom. The lowest BCUT2D eigenvalue weighted by Gasteiger charge is -2.26. The van der Waals surface area contributed by atoms with Gasteiger partial charge in [-0.3, -0.25) is 9.89 Å². The molecule has 2 heterocycles.